The maximum absolute atomic E-state index is 13.0. The number of hydrogen-bond acceptors (Lipinski definition) is 4. The zero-order chi connectivity index (χ0) is 22.8. The summed E-state index contributed by atoms with van der Waals surface area (Å²) in [5.41, 5.74) is 4.11. The van der Waals surface area contributed by atoms with Crippen LogP contribution in [0.3, 0.4) is 0 Å². The molecule has 7 heteroatoms. The van der Waals surface area contributed by atoms with Crippen LogP contribution in [0.2, 0.25) is 0 Å². The quantitative estimate of drug-likeness (QED) is 0.433. The molecule has 0 saturated carbocycles. The molecule has 0 atom stereocenters. The van der Waals surface area contributed by atoms with Gasteiger partial charge in [0.05, 0.1) is 11.2 Å². The second kappa shape index (κ2) is 8.70. The minimum atomic E-state index is -0.407. The number of carbonyl (C=O) groups is 2. The van der Waals surface area contributed by atoms with Gasteiger partial charge in [-0.2, -0.15) is 9.78 Å². The maximum atomic E-state index is 13.0. The monoisotopic (exact) mass is 430 g/mol. The number of pyridine rings is 1. The fraction of sp³-hybridized carbons (Fsp3) is 0.200. The van der Waals surface area contributed by atoms with E-state index in [1.807, 2.05) is 45.0 Å². The van der Waals surface area contributed by atoms with Crippen LogP contribution in [0.4, 0.5) is 10.2 Å². The fourth-order valence-corrected chi connectivity index (χ4v) is 3.63. The number of hydrogen-bond donors (Lipinski definition) is 1. The number of benzene rings is 2. The zero-order valence-corrected chi connectivity index (χ0v) is 18.1. The number of anilines is 1. The smallest absolute Gasteiger partial charge is 0.225 e. The van der Waals surface area contributed by atoms with E-state index < -0.39 is 5.82 Å². The summed E-state index contributed by atoms with van der Waals surface area (Å²) in [6, 6.07) is 15.0. The van der Waals surface area contributed by atoms with Gasteiger partial charge in [0.1, 0.15) is 11.6 Å². The van der Waals surface area contributed by atoms with E-state index in [2.05, 4.69) is 10.4 Å². The molecule has 0 aliphatic heterocycles. The van der Waals surface area contributed by atoms with Gasteiger partial charge in [-0.05, 0) is 62.2 Å². The van der Waals surface area contributed by atoms with Crippen LogP contribution in [-0.4, -0.2) is 26.5 Å². The Hall–Kier alpha value is -3.87. The third kappa shape index (κ3) is 4.42. The van der Waals surface area contributed by atoms with Gasteiger partial charge >= 0.3 is 0 Å². The highest BCUT2D eigenvalue weighted by molar-refractivity contribution is 5.99. The van der Waals surface area contributed by atoms with Crippen LogP contribution < -0.4 is 5.32 Å². The van der Waals surface area contributed by atoms with E-state index in [-0.39, 0.29) is 24.5 Å². The maximum Gasteiger partial charge on any atom is 0.225 e. The molecule has 0 fully saturated rings. The van der Waals surface area contributed by atoms with E-state index in [0.717, 1.165) is 27.7 Å². The minimum Gasteiger partial charge on any atom is -0.311 e. The lowest BCUT2D eigenvalue weighted by Crippen LogP contribution is -2.16. The van der Waals surface area contributed by atoms with E-state index in [9.17, 15) is 14.0 Å². The molecule has 1 amide bonds. The van der Waals surface area contributed by atoms with Crippen molar-refractivity contribution in [2.24, 2.45) is 0 Å². The number of halogens is 1. The third-order valence-corrected chi connectivity index (χ3v) is 5.30. The molecule has 0 saturated heterocycles. The molecular formula is C25H23FN4O2. The summed E-state index contributed by atoms with van der Waals surface area (Å²) in [5, 5.41) is 8.41. The largest absolute Gasteiger partial charge is 0.311 e. The van der Waals surface area contributed by atoms with Crippen LogP contribution in [0.25, 0.3) is 16.7 Å². The van der Waals surface area contributed by atoms with Gasteiger partial charge in [-0.1, -0.05) is 18.2 Å². The van der Waals surface area contributed by atoms with Crippen LogP contribution >= 0.6 is 0 Å². The summed E-state index contributed by atoms with van der Waals surface area (Å²) in [5.74, 6) is 0.162. The molecule has 4 aromatic rings. The molecule has 4 rings (SSSR count). The first-order valence-corrected chi connectivity index (χ1v) is 10.3. The Morgan fingerprint density at radius 3 is 2.47 bits per heavy atom. The highest BCUT2D eigenvalue weighted by Gasteiger charge is 2.15. The molecule has 0 spiro atoms. The van der Waals surface area contributed by atoms with Crippen molar-refractivity contribution in [2.45, 2.75) is 33.6 Å². The van der Waals surface area contributed by atoms with Crippen LogP contribution in [0.5, 0.6) is 0 Å². The Labute approximate surface area is 185 Å². The van der Waals surface area contributed by atoms with Crippen LogP contribution in [0.15, 0.2) is 54.6 Å². The Balaban J connectivity index is 1.53. The lowest BCUT2D eigenvalue weighted by atomic mass is 10.1. The fourth-order valence-electron chi connectivity index (χ4n) is 3.63. The summed E-state index contributed by atoms with van der Waals surface area (Å²) in [4.78, 5) is 29.6. The van der Waals surface area contributed by atoms with E-state index in [4.69, 9.17) is 4.98 Å². The third-order valence-electron chi connectivity index (χ3n) is 5.30. The summed E-state index contributed by atoms with van der Waals surface area (Å²) in [7, 11) is 0. The summed E-state index contributed by atoms with van der Waals surface area (Å²) >= 11 is 0. The van der Waals surface area contributed by atoms with E-state index in [1.54, 1.807) is 10.7 Å². The molecule has 162 valence electrons. The normalized spacial score (nSPS) is 11.0. The Kier molecular flexibility index (Phi) is 5.81. The molecule has 6 nitrogen and oxygen atoms in total. The van der Waals surface area contributed by atoms with Gasteiger partial charge in [0.2, 0.25) is 5.91 Å². The van der Waals surface area contributed by atoms with Crippen molar-refractivity contribution in [1.29, 1.82) is 0 Å². The standard InChI is InChI=1S/C25H23FN4O2/c1-15-5-4-6-20-16(2)13-22(28-25(15)20)30-23(14-17(3)29-30)27-24(32)12-11-21(31)18-7-9-19(26)10-8-18/h4-10,13-14H,11-12H2,1-3H3,(H,27,32). The molecule has 1 N–H and O–H groups in total. The molecule has 2 aromatic carbocycles. The number of ketones is 1. The van der Waals surface area contributed by atoms with Crippen LogP contribution in [-0.2, 0) is 4.79 Å². The molecule has 32 heavy (non-hydrogen) atoms. The van der Waals surface area contributed by atoms with Gasteiger partial charge < -0.3 is 5.32 Å². The summed E-state index contributed by atoms with van der Waals surface area (Å²) in [6.07, 6.45) is 0.0286. The second-order valence-electron chi connectivity index (χ2n) is 7.83. The lowest BCUT2D eigenvalue weighted by molar-refractivity contribution is -0.116. The SMILES string of the molecule is Cc1cc(NC(=O)CCC(=O)c2ccc(F)cc2)n(-c2cc(C)c3cccc(C)c3n2)n1. The molecule has 0 unspecified atom stereocenters. The predicted octanol–water partition coefficient (Wildman–Crippen LogP) is 5.09. The van der Waals surface area contributed by atoms with Crippen molar-refractivity contribution >= 4 is 28.4 Å². The van der Waals surface area contributed by atoms with Gasteiger partial charge in [0.15, 0.2) is 11.6 Å². The molecular weight excluding hydrogens is 407 g/mol. The number of rotatable bonds is 6. The van der Waals surface area contributed by atoms with Crippen molar-refractivity contribution in [2.75, 3.05) is 5.32 Å². The van der Waals surface area contributed by atoms with Crippen molar-refractivity contribution < 1.29 is 14.0 Å². The number of nitrogens with one attached hydrogen (secondary N) is 1. The molecule has 0 radical (unpaired) electrons. The number of carbonyl (C=O) groups excluding carboxylic acids is 2. The average molecular weight is 430 g/mol. The molecule has 0 aliphatic rings. The Morgan fingerprint density at radius 2 is 1.72 bits per heavy atom. The Morgan fingerprint density at radius 1 is 0.969 bits per heavy atom. The number of amides is 1. The number of aromatic nitrogens is 3. The number of aryl methyl sites for hydroxylation is 3. The van der Waals surface area contributed by atoms with Gasteiger partial charge in [0, 0.05) is 29.9 Å². The molecule has 2 heterocycles. The van der Waals surface area contributed by atoms with Gasteiger partial charge in [0.25, 0.3) is 0 Å². The van der Waals surface area contributed by atoms with E-state index in [1.165, 1.54) is 24.3 Å². The Bertz CT molecular complexity index is 1330. The number of para-hydroxylation sites is 1. The first-order valence-electron chi connectivity index (χ1n) is 10.3. The first kappa shape index (κ1) is 21.4. The van der Waals surface area contributed by atoms with Crippen molar-refractivity contribution in [3.05, 3.63) is 82.8 Å². The van der Waals surface area contributed by atoms with Crippen molar-refractivity contribution in [1.82, 2.24) is 14.8 Å². The summed E-state index contributed by atoms with van der Waals surface area (Å²) < 4.78 is 14.6. The number of fused-ring (bicyclic) bond motifs is 1. The van der Waals surface area contributed by atoms with Crippen LogP contribution in [0, 0.1) is 26.6 Å². The van der Waals surface area contributed by atoms with Crippen LogP contribution in [0.1, 0.15) is 40.0 Å². The highest BCUT2D eigenvalue weighted by atomic mass is 19.1. The second-order valence-corrected chi connectivity index (χ2v) is 7.83. The van der Waals surface area contributed by atoms with Crippen molar-refractivity contribution in [3.63, 3.8) is 0 Å². The van der Waals surface area contributed by atoms with Gasteiger partial charge in [-0.15, -0.1) is 0 Å². The van der Waals surface area contributed by atoms with Gasteiger partial charge in [-0.25, -0.2) is 9.37 Å². The van der Waals surface area contributed by atoms with E-state index >= 15 is 0 Å². The molecule has 2 aromatic heterocycles. The first-order chi connectivity index (χ1) is 15.3. The highest BCUT2D eigenvalue weighted by Crippen LogP contribution is 2.24. The number of nitrogens with zero attached hydrogens (tertiary/aromatic N) is 3. The van der Waals surface area contributed by atoms with E-state index in [0.29, 0.717) is 17.2 Å². The summed E-state index contributed by atoms with van der Waals surface area (Å²) in [6.45, 7) is 5.86. The lowest BCUT2D eigenvalue weighted by Gasteiger charge is -2.11. The molecule has 0 aliphatic carbocycles. The average Bonchev–Trinajstić information content (AvgIpc) is 3.13. The predicted molar refractivity (Wildman–Crippen MR) is 122 cm³/mol. The molecule has 0 bridgehead atoms. The van der Waals surface area contributed by atoms with Gasteiger partial charge in [-0.3, -0.25) is 9.59 Å². The zero-order valence-electron chi connectivity index (χ0n) is 18.1. The van der Waals surface area contributed by atoms with Crippen molar-refractivity contribution in [3.8, 4) is 5.82 Å². The minimum absolute atomic E-state index is 0.00369. The number of Topliss-reactive ketones (excluding diaryl/α,β-unsaturated/α-hetero) is 1. The topological polar surface area (TPSA) is 76.9 Å².